The number of imidazole rings is 1. The number of hydrogen-bond acceptors (Lipinski definition) is 5. The van der Waals surface area contributed by atoms with Crippen molar-refractivity contribution < 1.29 is 9.21 Å². The van der Waals surface area contributed by atoms with Gasteiger partial charge in [-0.2, -0.15) is 0 Å². The van der Waals surface area contributed by atoms with E-state index in [-0.39, 0.29) is 5.58 Å². The van der Waals surface area contributed by atoms with Gasteiger partial charge in [-0.1, -0.05) is 6.07 Å². The van der Waals surface area contributed by atoms with Crippen molar-refractivity contribution in [3.8, 4) is 0 Å². The summed E-state index contributed by atoms with van der Waals surface area (Å²) in [5.74, 6) is -1.23. The molecule has 1 aromatic carbocycles. The minimum atomic E-state index is -0.758. The Bertz CT molecular complexity index is 1090. The third kappa shape index (κ3) is 1.65. The molecule has 0 aliphatic heterocycles. The van der Waals surface area contributed by atoms with E-state index in [1.165, 1.54) is 0 Å². The molecule has 4 aromatic rings. The fourth-order valence-electron chi connectivity index (χ4n) is 2.43. The fraction of sp³-hybridized carbons (Fsp3) is 0. The van der Waals surface area contributed by atoms with Gasteiger partial charge >= 0.3 is 5.76 Å². The van der Waals surface area contributed by atoms with Crippen molar-refractivity contribution in [1.82, 2.24) is 14.0 Å². The van der Waals surface area contributed by atoms with Gasteiger partial charge in [-0.25, -0.2) is 14.3 Å². The van der Waals surface area contributed by atoms with Crippen LogP contribution in [0.3, 0.4) is 0 Å². The maximum absolute atomic E-state index is 12.7. The standard InChI is InChI=1S/C15H10N4O3/c16-11-2-1-3-12-13(11)22-15(21)19(12)14(20)9-4-5-18-8-17-7-10(18)6-9/h1-8H,16H2. The Balaban J connectivity index is 1.94. The molecule has 0 radical (unpaired) electrons. The lowest BCUT2D eigenvalue weighted by atomic mass is 10.2. The van der Waals surface area contributed by atoms with Crippen molar-refractivity contribution in [3.05, 3.63) is 65.2 Å². The van der Waals surface area contributed by atoms with Gasteiger partial charge in [0.2, 0.25) is 0 Å². The van der Waals surface area contributed by atoms with Gasteiger partial charge in [-0.05, 0) is 24.3 Å². The average molecular weight is 294 g/mol. The summed E-state index contributed by atoms with van der Waals surface area (Å²) in [6.45, 7) is 0. The predicted octanol–water partition coefficient (Wildman–Crippen LogP) is 1.51. The normalized spacial score (nSPS) is 11.3. The van der Waals surface area contributed by atoms with Gasteiger partial charge in [0, 0.05) is 11.8 Å². The van der Waals surface area contributed by atoms with Gasteiger partial charge < -0.3 is 14.6 Å². The van der Waals surface area contributed by atoms with E-state index in [1.807, 2.05) is 0 Å². The van der Waals surface area contributed by atoms with E-state index in [0.717, 1.165) is 10.1 Å². The summed E-state index contributed by atoms with van der Waals surface area (Å²) in [4.78, 5) is 28.7. The van der Waals surface area contributed by atoms with Crippen LogP contribution in [0.2, 0.25) is 0 Å². The van der Waals surface area contributed by atoms with E-state index in [9.17, 15) is 9.59 Å². The number of pyridine rings is 1. The maximum atomic E-state index is 12.7. The van der Waals surface area contributed by atoms with Crippen LogP contribution in [0.5, 0.6) is 0 Å². The van der Waals surface area contributed by atoms with Gasteiger partial charge in [-0.15, -0.1) is 0 Å². The highest BCUT2D eigenvalue weighted by atomic mass is 16.4. The van der Waals surface area contributed by atoms with Crippen LogP contribution >= 0.6 is 0 Å². The molecular weight excluding hydrogens is 284 g/mol. The van der Waals surface area contributed by atoms with E-state index in [4.69, 9.17) is 10.2 Å². The van der Waals surface area contributed by atoms with Gasteiger partial charge in [0.15, 0.2) is 5.58 Å². The molecule has 0 atom stereocenters. The number of para-hydroxylation sites is 1. The highest BCUT2D eigenvalue weighted by Gasteiger charge is 2.19. The quantitative estimate of drug-likeness (QED) is 0.537. The lowest BCUT2D eigenvalue weighted by molar-refractivity contribution is 0.0956. The third-order valence-corrected chi connectivity index (χ3v) is 3.50. The van der Waals surface area contributed by atoms with Crippen molar-refractivity contribution >= 4 is 28.2 Å². The maximum Gasteiger partial charge on any atom is 0.427 e. The fourth-order valence-corrected chi connectivity index (χ4v) is 2.43. The van der Waals surface area contributed by atoms with E-state index in [0.29, 0.717) is 16.8 Å². The predicted molar refractivity (Wildman–Crippen MR) is 79.8 cm³/mol. The first kappa shape index (κ1) is 12.4. The van der Waals surface area contributed by atoms with Crippen molar-refractivity contribution in [3.63, 3.8) is 0 Å². The Hall–Kier alpha value is -3.35. The molecule has 0 aliphatic carbocycles. The van der Waals surface area contributed by atoms with Crippen molar-refractivity contribution in [2.24, 2.45) is 0 Å². The molecule has 0 unspecified atom stereocenters. The van der Waals surface area contributed by atoms with Crippen LogP contribution in [-0.2, 0) is 0 Å². The Morgan fingerprint density at radius 2 is 2.14 bits per heavy atom. The van der Waals surface area contributed by atoms with Crippen LogP contribution in [0, 0.1) is 0 Å². The van der Waals surface area contributed by atoms with Crippen molar-refractivity contribution in [2.75, 3.05) is 5.73 Å². The lowest BCUT2D eigenvalue weighted by Gasteiger charge is -2.02. The first-order valence-electron chi connectivity index (χ1n) is 6.51. The Morgan fingerprint density at radius 3 is 3.00 bits per heavy atom. The molecule has 0 amide bonds. The number of anilines is 1. The molecule has 0 saturated heterocycles. The summed E-state index contributed by atoms with van der Waals surface area (Å²) in [5.41, 5.74) is 7.76. The van der Waals surface area contributed by atoms with E-state index in [1.54, 1.807) is 53.5 Å². The zero-order valence-corrected chi connectivity index (χ0v) is 11.3. The van der Waals surface area contributed by atoms with Crippen LogP contribution in [-0.4, -0.2) is 19.9 Å². The lowest BCUT2D eigenvalue weighted by Crippen LogP contribution is -2.23. The minimum Gasteiger partial charge on any atom is -0.405 e. The largest absolute Gasteiger partial charge is 0.427 e. The van der Waals surface area contributed by atoms with Crippen LogP contribution in [0.15, 0.2) is 58.3 Å². The number of fused-ring (bicyclic) bond motifs is 2. The van der Waals surface area contributed by atoms with Crippen LogP contribution < -0.4 is 11.5 Å². The van der Waals surface area contributed by atoms with Crippen LogP contribution in [0.4, 0.5) is 5.69 Å². The highest BCUT2D eigenvalue weighted by Crippen LogP contribution is 2.20. The number of nitrogens with two attached hydrogens (primary N) is 1. The smallest absolute Gasteiger partial charge is 0.405 e. The summed E-state index contributed by atoms with van der Waals surface area (Å²) in [6.07, 6.45) is 4.96. The van der Waals surface area contributed by atoms with Crippen molar-refractivity contribution in [1.29, 1.82) is 0 Å². The number of oxazole rings is 1. The molecule has 3 aromatic heterocycles. The molecule has 0 fully saturated rings. The molecule has 2 N–H and O–H groups in total. The molecule has 0 saturated carbocycles. The second kappa shape index (κ2) is 4.32. The Labute approximate surface area is 123 Å². The van der Waals surface area contributed by atoms with Gasteiger partial charge in [0.05, 0.1) is 23.7 Å². The molecule has 7 nitrogen and oxygen atoms in total. The number of nitrogens with zero attached hydrogens (tertiary/aromatic N) is 3. The van der Waals surface area contributed by atoms with E-state index >= 15 is 0 Å². The molecule has 22 heavy (non-hydrogen) atoms. The molecule has 0 bridgehead atoms. The number of benzene rings is 1. The molecule has 0 aliphatic rings. The minimum absolute atomic E-state index is 0.214. The molecule has 3 heterocycles. The monoisotopic (exact) mass is 294 g/mol. The van der Waals surface area contributed by atoms with Gasteiger partial charge in [-0.3, -0.25) is 4.79 Å². The Kier molecular flexibility index (Phi) is 2.43. The summed E-state index contributed by atoms with van der Waals surface area (Å²) in [6, 6.07) is 8.17. The SMILES string of the molecule is Nc1cccc2c1oc(=O)n2C(=O)c1ccn2cncc2c1. The molecule has 108 valence electrons. The van der Waals surface area contributed by atoms with Gasteiger partial charge in [0.25, 0.3) is 5.91 Å². The van der Waals surface area contributed by atoms with Crippen LogP contribution in [0.1, 0.15) is 10.4 Å². The molecule has 0 spiro atoms. The van der Waals surface area contributed by atoms with Crippen LogP contribution in [0.25, 0.3) is 16.6 Å². The second-order valence-corrected chi connectivity index (χ2v) is 4.85. The van der Waals surface area contributed by atoms with E-state index in [2.05, 4.69) is 4.98 Å². The van der Waals surface area contributed by atoms with Crippen molar-refractivity contribution in [2.45, 2.75) is 0 Å². The zero-order valence-electron chi connectivity index (χ0n) is 11.3. The average Bonchev–Trinajstić information content (AvgIpc) is 3.10. The van der Waals surface area contributed by atoms with E-state index < -0.39 is 11.7 Å². The topological polar surface area (TPSA) is 95.5 Å². The number of hydrogen-bond donors (Lipinski definition) is 1. The molecule has 7 heteroatoms. The molecular formula is C15H10N4O3. The highest BCUT2D eigenvalue weighted by molar-refractivity contribution is 6.02. The third-order valence-electron chi connectivity index (χ3n) is 3.50. The number of nitrogen functional groups attached to an aromatic ring is 1. The first-order valence-corrected chi connectivity index (χ1v) is 6.51. The number of carbonyl (C=O) groups is 1. The molecule has 4 rings (SSSR count). The number of rotatable bonds is 1. The summed E-state index contributed by atoms with van der Waals surface area (Å²) < 4.78 is 7.84. The summed E-state index contributed by atoms with van der Waals surface area (Å²) in [5, 5.41) is 0. The number of carbonyl (C=O) groups excluding carboxylic acids is 1. The zero-order chi connectivity index (χ0) is 15.3. The summed E-state index contributed by atoms with van der Waals surface area (Å²) >= 11 is 0. The van der Waals surface area contributed by atoms with Gasteiger partial charge in [0.1, 0.15) is 5.52 Å². The second-order valence-electron chi connectivity index (χ2n) is 4.85. The first-order chi connectivity index (χ1) is 10.6. The number of aromatic nitrogens is 3. The Morgan fingerprint density at radius 1 is 1.27 bits per heavy atom. The summed E-state index contributed by atoms with van der Waals surface area (Å²) in [7, 11) is 0.